The molecule has 1 aliphatic rings. The number of nitrogens with one attached hydrogen (secondary N) is 2. The Hall–Kier alpha value is -0.540. The van der Waals surface area contributed by atoms with Crippen LogP contribution in [-0.2, 0) is 13.1 Å². The lowest BCUT2D eigenvalue weighted by Crippen LogP contribution is -2.40. The van der Waals surface area contributed by atoms with Crippen molar-refractivity contribution < 1.29 is 4.39 Å². The van der Waals surface area contributed by atoms with Crippen molar-refractivity contribution in [1.29, 1.82) is 0 Å². The van der Waals surface area contributed by atoms with Gasteiger partial charge in [0.1, 0.15) is 5.82 Å². The summed E-state index contributed by atoms with van der Waals surface area (Å²) < 4.78 is 13.9. The number of guanidine groups is 1. The molecule has 0 amide bonds. The van der Waals surface area contributed by atoms with E-state index in [0.717, 1.165) is 24.6 Å². The van der Waals surface area contributed by atoms with Gasteiger partial charge >= 0.3 is 0 Å². The van der Waals surface area contributed by atoms with E-state index in [1.807, 2.05) is 42.9 Å². The van der Waals surface area contributed by atoms with E-state index in [1.54, 1.807) is 6.07 Å². The Kier molecular flexibility index (Phi) is 10.8. The maximum absolute atomic E-state index is 13.9. The summed E-state index contributed by atoms with van der Waals surface area (Å²) in [4.78, 5) is 6.61. The van der Waals surface area contributed by atoms with Crippen molar-refractivity contribution >= 4 is 41.7 Å². The number of hydrogen-bond acceptors (Lipinski definition) is 3. The average Bonchev–Trinajstić information content (AvgIpc) is 3.06. The zero-order valence-corrected chi connectivity index (χ0v) is 18.5. The molecule has 1 atom stereocenters. The van der Waals surface area contributed by atoms with Crippen molar-refractivity contribution in [3.8, 4) is 0 Å². The SMILES string of the molecule is CCNC(=NCc1ccc(F)c(CN(C)C)c1)NCC1CCCS1.I. The lowest BCUT2D eigenvalue weighted by atomic mass is 10.1. The molecule has 0 spiro atoms. The average molecular weight is 480 g/mol. The van der Waals surface area contributed by atoms with Gasteiger partial charge in [-0.05, 0) is 57.3 Å². The highest BCUT2D eigenvalue weighted by molar-refractivity contribution is 14.0. The second-order valence-electron chi connectivity index (χ2n) is 6.37. The van der Waals surface area contributed by atoms with Gasteiger partial charge in [-0.2, -0.15) is 11.8 Å². The lowest BCUT2D eigenvalue weighted by molar-refractivity contribution is 0.392. The molecule has 1 saturated heterocycles. The zero-order chi connectivity index (χ0) is 17.4. The minimum Gasteiger partial charge on any atom is -0.357 e. The molecule has 142 valence electrons. The van der Waals surface area contributed by atoms with Crippen LogP contribution in [0.3, 0.4) is 0 Å². The lowest BCUT2D eigenvalue weighted by Gasteiger charge is -2.15. The first-order chi connectivity index (χ1) is 11.6. The van der Waals surface area contributed by atoms with E-state index < -0.39 is 0 Å². The standard InChI is InChI=1S/C18H29FN4S.HI/c1-4-20-18(22-12-16-6-5-9-24-16)21-11-14-7-8-17(19)15(10-14)13-23(2)3;/h7-8,10,16H,4-6,9,11-13H2,1-3H3,(H2,20,21,22);1H. The molecule has 0 aromatic heterocycles. The van der Waals surface area contributed by atoms with E-state index in [9.17, 15) is 4.39 Å². The molecule has 4 nitrogen and oxygen atoms in total. The van der Waals surface area contributed by atoms with Crippen LogP contribution in [0.15, 0.2) is 23.2 Å². The summed E-state index contributed by atoms with van der Waals surface area (Å²) in [6.45, 7) is 4.99. The van der Waals surface area contributed by atoms with Crippen molar-refractivity contribution in [3.05, 3.63) is 35.1 Å². The highest BCUT2D eigenvalue weighted by atomic mass is 127. The van der Waals surface area contributed by atoms with E-state index >= 15 is 0 Å². The van der Waals surface area contributed by atoms with Gasteiger partial charge in [-0.1, -0.05) is 6.07 Å². The van der Waals surface area contributed by atoms with Crippen LogP contribution in [0.2, 0.25) is 0 Å². The summed E-state index contributed by atoms with van der Waals surface area (Å²) in [5.74, 6) is 1.95. The van der Waals surface area contributed by atoms with Gasteiger partial charge in [-0.25, -0.2) is 9.38 Å². The Bertz CT molecular complexity index is 548. The van der Waals surface area contributed by atoms with Crippen LogP contribution in [0.4, 0.5) is 4.39 Å². The third kappa shape index (κ3) is 8.13. The van der Waals surface area contributed by atoms with Gasteiger partial charge < -0.3 is 15.5 Å². The van der Waals surface area contributed by atoms with E-state index in [4.69, 9.17) is 0 Å². The summed E-state index contributed by atoms with van der Waals surface area (Å²) in [7, 11) is 3.89. The molecule has 1 aromatic carbocycles. The summed E-state index contributed by atoms with van der Waals surface area (Å²) in [6, 6.07) is 5.27. The number of aliphatic imine (C=N–C) groups is 1. The minimum atomic E-state index is -0.153. The summed E-state index contributed by atoms with van der Waals surface area (Å²) in [5, 5.41) is 7.40. The Morgan fingerprint density at radius 1 is 1.36 bits per heavy atom. The number of nitrogens with zero attached hydrogens (tertiary/aromatic N) is 2. The number of halogens is 2. The molecule has 2 N–H and O–H groups in total. The number of benzene rings is 1. The highest BCUT2D eigenvalue weighted by Gasteiger charge is 2.15. The van der Waals surface area contributed by atoms with Gasteiger partial charge in [0.2, 0.25) is 0 Å². The van der Waals surface area contributed by atoms with E-state index in [-0.39, 0.29) is 29.8 Å². The van der Waals surface area contributed by atoms with Crippen molar-refractivity contribution in [1.82, 2.24) is 15.5 Å². The van der Waals surface area contributed by atoms with Crippen molar-refractivity contribution in [2.75, 3.05) is 32.9 Å². The summed E-state index contributed by atoms with van der Waals surface area (Å²) >= 11 is 2.03. The molecule has 1 aliphatic heterocycles. The monoisotopic (exact) mass is 480 g/mol. The van der Waals surface area contributed by atoms with Gasteiger partial charge in [0.05, 0.1) is 6.54 Å². The van der Waals surface area contributed by atoms with Crippen LogP contribution in [0.5, 0.6) is 0 Å². The third-order valence-corrected chi connectivity index (χ3v) is 5.28. The van der Waals surface area contributed by atoms with Crippen LogP contribution >= 0.6 is 35.7 Å². The molecule has 0 aliphatic carbocycles. The molecule has 0 saturated carbocycles. The molecule has 7 heteroatoms. The first-order valence-electron chi connectivity index (χ1n) is 8.64. The van der Waals surface area contributed by atoms with Crippen LogP contribution in [0.25, 0.3) is 0 Å². The quantitative estimate of drug-likeness (QED) is 0.357. The third-order valence-electron chi connectivity index (χ3n) is 3.88. The normalized spacial score (nSPS) is 17.5. The van der Waals surface area contributed by atoms with E-state index in [2.05, 4.69) is 22.5 Å². The van der Waals surface area contributed by atoms with Crippen LogP contribution < -0.4 is 10.6 Å². The predicted molar refractivity (Wildman–Crippen MR) is 118 cm³/mol. The predicted octanol–water partition coefficient (Wildman–Crippen LogP) is 3.46. The van der Waals surface area contributed by atoms with E-state index in [0.29, 0.717) is 23.9 Å². The Labute approximate surface area is 172 Å². The molecule has 25 heavy (non-hydrogen) atoms. The maximum Gasteiger partial charge on any atom is 0.191 e. The second kappa shape index (κ2) is 12.0. The van der Waals surface area contributed by atoms with Gasteiger partial charge in [0, 0.05) is 30.4 Å². The molecule has 1 fully saturated rings. The fourth-order valence-corrected chi connectivity index (χ4v) is 3.92. The van der Waals surface area contributed by atoms with Crippen LogP contribution in [0, 0.1) is 5.82 Å². The van der Waals surface area contributed by atoms with Gasteiger partial charge in [0.25, 0.3) is 0 Å². The largest absolute Gasteiger partial charge is 0.357 e. The molecule has 1 aromatic rings. The van der Waals surface area contributed by atoms with Crippen molar-refractivity contribution in [2.45, 2.75) is 38.1 Å². The first kappa shape index (κ1) is 22.5. The van der Waals surface area contributed by atoms with Gasteiger partial charge in [0.15, 0.2) is 5.96 Å². The van der Waals surface area contributed by atoms with Gasteiger partial charge in [-0.3, -0.25) is 0 Å². The fraction of sp³-hybridized carbons (Fsp3) is 0.611. The van der Waals surface area contributed by atoms with Gasteiger partial charge in [-0.15, -0.1) is 24.0 Å². The summed E-state index contributed by atoms with van der Waals surface area (Å²) in [5.41, 5.74) is 1.74. The minimum absolute atomic E-state index is 0. The number of thioether (sulfide) groups is 1. The molecular formula is C18H30FIN4S. The first-order valence-corrected chi connectivity index (χ1v) is 9.69. The highest BCUT2D eigenvalue weighted by Crippen LogP contribution is 2.25. The molecule has 1 heterocycles. The van der Waals surface area contributed by atoms with Crippen LogP contribution in [-0.4, -0.2) is 49.0 Å². The smallest absolute Gasteiger partial charge is 0.191 e. The molecular weight excluding hydrogens is 450 g/mol. The zero-order valence-electron chi connectivity index (χ0n) is 15.3. The maximum atomic E-state index is 13.9. The second-order valence-corrected chi connectivity index (χ2v) is 7.78. The molecule has 0 bridgehead atoms. The summed E-state index contributed by atoms with van der Waals surface area (Å²) in [6.07, 6.45) is 2.60. The topological polar surface area (TPSA) is 39.7 Å². The fourth-order valence-electron chi connectivity index (χ4n) is 2.72. The Balaban J connectivity index is 0.00000312. The number of hydrogen-bond donors (Lipinski definition) is 2. The molecule has 1 unspecified atom stereocenters. The molecule has 0 radical (unpaired) electrons. The Morgan fingerprint density at radius 2 is 2.16 bits per heavy atom. The van der Waals surface area contributed by atoms with Crippen LogP contribution in [0.1, 0.15) is 30.9 Å². The van der Waals surface area contributed by atoms with Crippen molar-refractivity contribution in [3.63, 3.8) is 0 Å². The van der Waals surface area contributed by atoms with E-state index in [1.165, 1.54) is 18.6 Å². The van der Waals surface area contributed by atoms with Crippen molar-refractivity contribution in [2.24, 2.45) is 4.99 Å². The Morgan fingerprint density at radius 3 is 2.80 bits per heavy atom. The molecule has 2 rings (SSSR count). The number of rotatable bonds is 7.